The molecule has 0 aliphatic rings. The molecule has 0 fully saturated rings. The van der Waals surface area contributed by atoms with Crippen LogP contribution in [0.5, 0.6) is 0 Å². The zero-order chi connectivity index (χ0) is 72.3. The minimum atomic E-state index is -4.96. The van der Waals surface area contributed by atoms with E-state index in [0.29, 0.717) is 25.7 Å². The lowest BCUT2D eigenvalue weighted by atomic mass is 10.1. The highest BCUT2D eigenvalue weighted by molar-refractivity contribution is 7.47. The number of aliphatic hydroxyl groups is 2. The number of rotatable bonds is 68. The summed E-state index contributed by atoms with van der Waals surface area (Å²) in [6, 6.07) is 0. The number of aliphatic hydroxyl groups excluding tert-OH is 2. The summed E-state index contributed by atoms with van der Waals surface area (Å²) in [7, 11) is -9.84. The van der Waals surface area contributed by atoms with Gasteiger partial charge in [0.05, 0.1) is 26.4 Å². The molecule has 4 N–H and O–H groups in total. The Morgan fingerprint density at radius 3 is 0.889 bits per heavy atom. The van der Waals surface area contributed by atoms with Gasteiger partial charge >= 0.3 is 33.6 Å². The third kappa shape index (κ3) is 73.7. The van der Waals surface area contributed by atoms with Crippen molar-refractivity contribution in [3.8, 4) is 0 Å². The van der Waals surface area contributed by atoms with Crippen molar-refractivity contribution in [3.63, 3.8) is 0 Å². The Balaban J connectivity index is 4.80. The van der Waals surface area contributed by atoms with Crippen LogP contribution in [0.4, 0.5) is 0 Å². The van der Waals surface area contributed by atoms with E-state index in [-0.39, 0.29) is 19.3 Å². The molecule has 0 saturated carbocycles. The molecule has 0 saturated heterocycles. The van der Waals surface area contributed by atoms with Crippen molar-refractivity contribution in [1.29, 1.82) is 0 Å². The van der Waals surface area contributed by atoms with Crippen LogP contribution < -0.4 is 0 Å². The summed E-state index contributed by atoms with van der Waals surface area (Å²) in [5.74, 6) is -1.72. The molecule has 0 heterocycles. The Labute approximate surface area is 598 Å². The maximum atomic E-state index is 12.9. The first kappa shape index (κ1) is 93.6. The van der Waals surface area contributed by atoms with Gasteiger partial charge in [-0.1, -0.05) is 267 Å². The smallest absolute Gasteiger partial charge is 0.463 e. The molecular formula is C81H130O16P2. The maximum absolute atomic E-state index is 12.9. The summed E-state index contributed by atoms with van der Waals surface area (Å²) >= 11 is 0. The lowest BCUT2D eigenvalue weighted by Crippen LogP contribution is -2.29. The number of unbranched alkanes of at least 4 members (excludes halogenated alkanes) is 15. The van der Waals surface area contributed by atoms with Gasteiger partial charge in [0.1, 0.15) is 25.4 Å². The fraction of sp³-hybridized carbons (Fsp3) is 0.593. The summed E-state index contributed by atoms with van der Waals surface area (Å²) in [6.45, 7) is 2.26. The molecule has 5 unspecified atom stereocenters. The fourth-order valence-electron chi connectivity index (χ4n) is 9.02. The van der Waals surface area contributed by atoms with Crippen LogP contribution in [0.15, 0.2) is 182 Å². The van der Waals surface area contributed by atoms with Crippen LogP contribution in [0, 0.1) is 0 Å². The molecule has 0 amide bonds. The van der Waals surface area contributed by atoms with E-state index in [1.165, 1.54) is 25.7 Å². The van der Waals surface area contributed by atoms with Crippen molar-refractivity contribution in [2.24, 2.45) is 0 Å². The molecule has 0 spiro atoms. The molecule has 0 aliphatic carbocycles. The summed E-state index contributed by atoms with van der Waals surface area (Å²) in [6.07, 6.45) is 92.3. The second kappa shape index (κ2) is 72.4. The predicted molar refractivity (Wildman–Crippen MR) is 408 cm³/mol. The molecule has 0 aromatic heterocycles. The monoisotopic (exact) mass is 1420 g/mol. The second-order valence-corrected chi connectivity index (χ2v) is 26.9. The summed E-state index contributed by atoms with van der Waals surface area (Å²) in [5.41, 5.74) is 0. The van der Waals surface area contributed by atoms with Gasteiger partial charge in [0.25, 0.3) is 0 Å². The topological polar surface area (TPSA) is 231 Å². The molecule has 99 heavy (non-hydrogen) atoms. The van der Waals surface area contributed by atoms with E-state index in [1.807, 2.05) is 18.2 Å². The summed E-state index contributed by atoms with van der Waals surface area (Å²) in [5, 5.41) is 20.6. The number of esters is 3. The van der Waals surface area contributed by atoms with Crippen LogP contribution in [0.2, 0.25) is 0 Å². The Kier molecular flexibility index (Phi) is 68.5. The van der Waals surface area contributed by atoms with Crippen molar-refractivity contribution in [2.45, 2.75) is 270 Å². The van der Waals surface area contributed by atoms with E-state index >= 15 is 0 Å². The van der Waals surface area contributed by atoms with Crippen molar-refractivity contribution < 1.29 is 75.8 Å². The largest absolute Gasteiger partial charge is 0.472 e. The Bertz CT molecular complexity index is 2530. The Morgan fingerprint density at radius 1 is 0.293 bits per heavy atom. The van der Waals surface area contributed by atoms with E-state index in [4.69, 9.17) is 32.3 Å². The van der Waals surface area contributed by atoms with Gasteiger partial charge in [-0.3, -0.25) is 32.5 Å². The SMILES string of the molecule is CC/C=C\C/C=C\C/C=C\C/C=C\C/C=C\C/C=C\CCC(=O)OC(COC(=O)CCCCCCC/C=C\C/C=C\C/C=C\C/C=C\C/C=C\CC)COP(=O)(O)OCC(O)COP(=O)(O)OCC(O)COC(=O)CCCCCCCCC/C=C\C/C=C\C/C=C\C/C=C\CCCCC. The number of ether oxygens (including phenoxy) is 3. The van der Waals surface area contributed by atoms with Crippen molar-refractivity contribution in [3.05, 3.63) is 182 Å². The van der Waals surface area contributed by atoms with Gasteiger partial charge in [0, 0.05) is 19.3 Å². The van der Waals surface area contributed by atoms with Crippen LogP contribution in [-0.4, -0.2) is 95.9 Å². The Hall–Kier alpha value is -5.35. The molecule has 0 radical (unpaired) electrons. The number of phosphoric ester groups is 2. The number of phosphoric acid groups is 2. The average Bonchev–Trinajstić information content (AvgIpc) is 2.26. The van der Waals surface area contributed by atoms with E-state index < -0.39 is 91.5 Å². The van der Waals surface area contributed by atoms with Crippen molar-refractivity contribution >= 4 is 33.6 Å². The highest BCUT2D eigenvalue weighted by atomic mass is 31.2. The highest BCUT2D eigenvalue weighted by Gasteiger charge is 2.29. The van der Waals surface area contributed by atoms with E-state index in [2.05, 4.69) is 185 Å². The average molecular weight is 1420 g/mol. The first-order valence-corrected chi connectivity index (χ1v) is 40.1. The van der Waals surface area contributed by atoms with E-state index in [0.717, 1.165) is 161 Å². The van der Waals surface area contributed by atoms with Gasteiger partial charge in [-0.25, -0.2) is 9.13 Å². The lowest BCUT2D eigenvalue weighted by molar-refractivity contribution is -0.161. The first-order valence-electron chi connectivity index (χ1n) is 37.1. The third-order valence-electron chi connectivity index (χ3n) is 14.6. The van der Waals surface area contributed by atoms with Crippen molar-refractivity contribution in [2.75, 3.05) is 39.6 Å². The predicted octanol–water partition coefficient (Wildman–Crippen LogP) is 21.4. The van der Waals surface area contributed by atoms with E-state index in [1.54, 1.807) is 0 Å². The van der Waals surface area contributed by atoms with Gasteiger partial charge in [-0.05, 0) is 148 Å². The van der Waals surface area contributed by atoms with Crippen LogP contribution in [0.1, 0.15) is 252 Å². The molecule has 16 nitrogen and oxygen atoms in total. The molecule has 5 atom stereocenters. The van der Waals surface area contributed by atoms with E-state index in [9.17, 15) is 43.5 Å². The molecule has 0 bridgehead atoms. The number of hydrogen-bond acceptors (Lipinski definition) is 14. The van der Waals surface area contributed by atoms with Crippen LogP contribution in [0.25, 0.3) is 0 Å². The maximum Gasteiger partial charge on any atom is 0.472 e. The highest BCUT2D eigenvalue weighted by Crippen LogP contribution is 2.45. The number of allylic oxidation sites excluding steroid dienone is 30. The standard InChI is InChI=1S/C81H130O16P2/c1-4-7-10-13-16-19-22-25-28-31-34-36-37-39-42-43-46-49-52-55-58-61-64-67-79(84)91-70-76(82)71-93-98(87,88)94-72-77(83)73-95-99(89,90)96-75-78(97-81(86)69-66-63-60-57-54-51-48-45-40-33-30-27-24-21-18-15-12-9-6-3)74-92-80(85)68-65-62-59-56-53-50-47-44-41-38-35-32-29-26-23-20-17-14-11-8-5-2/h8-9,11-12,16-21,25-30,34-36,38-40,42,44-45,47,51,54,60,63,76-78,82-83H,4-7,10,13-15,22-24,31-33,37,41,43,46,48-50,52-53,55-59,61-62,64-75H2,1-3H3,(H,87,88)(H,89,90)/b11-8-,12-9-,19-16-,20-17-,21-18-,28-25-,29-26-,30-27-,36-34-,38-35-,42-39-,45-40-,47-44-,54-51-,63-60-. The Morgan fingerprint density at radius 2 is 0.556 bits per heavy atom. The second-order valence-electron chi connectivity index (χ2n) is 24.0. The quantitative estimate of drug-likeness (QED) is 0.0146. The fourth-order valence-corrected chi connectivity index (χ4v) is 10.6. The van der Waals surface area contributed by atoms with Gasteiger partial charge in [0.15, 0.2) is 6.10 Å². The van der Waals surface area contributed by atoms with Crippen LogP contribution in [-0.2, 0) is 55.8 Å². The van der Waals surface area contributed by atoms with Gasteiger partial charge < -0.3 is 34.2 Å². The molecule has 18 heteroatoms. The molecule has 0 aromatic carbocycles. The molecule has 0 aliphatic heterocycles. The summed E-state index contributed by atoms with van der Waals surface area (Å²) < 4.78 is 60.9. The van der Waals surface area contributed by atoms with Gasteiger partial charge in [-0.2, -0.15) is 0 Å². The molecule has 0 rings (SSSR count). The lowest BCUT2D eigenvalue weighted by Gasteiger charge is -2.21. The zero-order valence-corrected chi connectivity index (χ0v) is 62.6. The minimum Gasteiger partial charge on any atom is -0.463 e. The van der Waals surface area contributed by atoms with Crippen molar-refractivity contribution in [1.82, 2.24) is 0 Å². The third-order valence-corrected chi connectivity index (χ3v) is 16.5. The zero-order valence-electron chi connectivity index (χ0n) is 60.8. The molecule has 0 aromatic rings. The normalized spacial score (nSPS) is 15.1. The number of carbonyl (C=O) groups is 3. The van der Waals surface area contributed by atoms with Gasteiger partial charge in [0.2, 0.25) is 0 Å². The van der Waals surface area contributed by atoms with Gasteiger partial charge in [-0.15, -0.1) is 0 Å². The summed E-state index contributed by atoms with van der Waals surface area (Å²) in [4.78, 5) is 58.5. The first-order chi connectivity index (χ1) is 48.2. The minimum absolute atomic E-state index is 0.0336. The number of carbonyl (C=O) groups excluding carboxylic acids is 3. The molecule has 560 valence electrons. The number of hydrogen-bond donors (Lipinski definition) is 4. The van der Waals surface area contributed by atoms with Crippen LogP contribution >= 0.6 is 15.6 Å². The molecular weight excluding hydrogens is 1290 g/mol. The van der Waals surface area contributed by atoms with Crippen LogP contribution in [0.3, 0.4) is 0 Å².